The van der Waals surface area contributed by atoms with Gasteiger partial charge in [-0.15, -0.1) is 0 Å². The molecule has 1 fully saturated rings. The average Bonchev–Trinajstić information content (AvgIpc) is 2.47. The number of nitrogens with zero attached hydrogens (tertiary/aromatic N) is 1. The summed E-state index contributed by atoms with van der Waals surface area (Å²) in [4.78, 5) is 14.2. The molecule has 1 saturated carbocycles. The van der Waals surface area contributed by atoms with Crippen LogP contribution in [-0.2, 0) is 4.79 Å². The molecule has 0 heterocycles. The third-order valence-electron chi connectivity index (χ3n) is 4.54. The Kier molecular flexibility index (Phi) is 8.86. The number of carbonyl (C=O) groups excluding carboxylic acids is 1. The minimum atomic E-state index is 0.222. The maximum Gasteiger partial charge on any atom is 0.220 e. The molecule has 0 saturated heterocycles. The van der Waals surface area contributed by atoms with Crippen LogP contribution in [0.3, 0.4) is 0 Å². The normalized spacial score (nSPS) is 23.0. The quantitative estimate of drug-likeness (QED) is 0.637. The summed E-state index contributed by atoms with van der Waals surface area (Å²) >= 11 is 0. The van der Waals surface area contributed by atoms with Crippen molar-refractivity contribution in [1.29, 1.82) is 0 Å². The fourth-order valence-electron chi connectivity index (χ4n) is 2.97. The van der Waals surface area contributed by atoms with Crippen LogP contribution in [0, 0.1) is 5.92 Å². The molecule has 0 unspecified atom stereocenters. The molecule has 0 aromatic carbocycles. The second-order valence-corrected chi connectivity index (χ2v) is 6.05. The number of hydrogen-bond acceptors (Lipinski definition) is 3. The van der Waals surface area contributed by atoms with E-state index in [1.807, 2.05) is 0 Å². The maximum atomic E-state index is 11.8. The van der Waals surface area contributed by atoms with Crippen molar-refractivity contribution in [2.45, 2.75) is 64.8 Å². The van der Waals surface area contributed by atoms with Gasteiger partial charge >= 0.3 is 0 Å². The molecular formula is C16H33N3O. The van der Waals surface area contributed by atoms with E-state index in [1.54, 1.807) is 0 Å². The Morgan fingerprint density at radius 3 is 2.45 bits per heavy atom. The topological polar surface area (TPSA) is 58.4 Å². The van der Waals surface area contributed by atoms with Gasteiger partial charge in [0.2, 0.25) is 5.91 Å². The molecule has 1 amide bonds. The lowest BCUT2D eigenvalue weighted by atomic mass is 9.84. The lowest BCUT2D eigenvalue weighted by molar-refractivity contribution is -0.121. The first-order valence-electron chi connectivity index (χ1n) is 8.40. The fraction of sp³-hybridized carbons (Fsp3) is 0.938. The van der Waals surface area contributed by atoms with Crippen LogP contribution < -0.4 is 11.1 Å². The molecule has 1 aliphatic carbocycles. The Hall–Kier alpha value is -0.610. The van der Waals surface area contributed by atoms with E-state index in [4.69, 9.17) is 5.73 Å². The highest BCUT2D eigenvalue weighted by Gasteiger charge is 2.18. The summed E-state index contributed by atoms with van der Waals surface area (Å²) in [6.45, 7) is 8.43. The van der Waals surface area contributed by atoms with Gasteiger partial charge in [0.15, 0.2) is 0 Å². The molecule has 0 aromatic heterocycles. The van der Waals surface area contributed by atoms with E-state index in [9.17, 15) is 4.79 Å². The smallest absolute Gasteiger partial charge is 0.220 e. The first kappa shape index (κ1) is 17.4. The fourth-order valence-corrected chi connectivity index (χ4v) is 2.97. The van der Waals surface area contributed by atoms with Gasteiger partial charge in [-0.3, -0.25) is 4.79 Å². The predicted molar refractivity (Wildman–Crippen MR) is 84.6 cm³/mol. The second-order valence-electron chi connectivity index (χ2n) is 6.05. The maximum absolute atomic E-state index is 11.8. The summed E-state index contributed by atoms with van der Waals surface area (Å²) in [6, 6.07) is 0.403. The summed E-state index contributed by atoms with van der Waals surface area (Å²) < 4.78 is 0. The predicted octanol–water partition coefficient (Wildman–Crippen LogP) is 2.13. The van der Waals surface area contributed by atoms with Crippen molar-refractivity contribution in [1.82, 2.24) is 10.2 Å². The van der Waals surface area contributed by atoms with Gasteiger partial charge in [-0.25, -0.2) is 0 Å². The molecule has 118 valence electrons. The molecule has 20 heavy (non-hydrogen) atoms. The van der Waals surface area contributed by atoms with Gasteiger partial charge in [0, 0.05) is 19.0 Å². The van der Waals surface area contributed by atoms with Crippen LogP contribution in [0.2, 0.25) is 0 Å². The molecule has 1 aliphatic rings. The molecule has 0 atom stereocenters. The number of nitrogens with two attached hydrogens (primary N) is 1. The standard InChI is InChI=1S/C16H33N3O/c1-3-19(4-2)13-5-12-18-16(20)11-8-14-6-9-15(17)10-7-14/h14-15H,3-13,17H2,1-2H3,(H,18,20). The number of rotatable bonds is 9. The van der Waals surface area contributed by atoms with Crippen LogP contribution in [0.5, 0.6) is 0 Å². The number of nitrogens with one attached hydrogen (secondary N) is 1. The van der Waals surface area contributed by atoms with Gasteiger partial charge in [0.25, 0.3) is 0 Å². The van der Waals surface area contributed by atoms with E-state index in [-0.39, 0.29) is 5.91 Å². The van der Waals surface area contributed by atoms with Crippen LogP contribution in [-0.4, -0.2) is 43.0 Å². The van der Waals surface area contributed by atoms with E-state index < -0.39 is 0 Å². The van der Waals surface area contributed by atoms with Crippen molar-refractivity contribution in [2.24, 2.45) is 11.7 Å². The van der Waals surface area contributed by atoms with Gasteiger partial charge < -0.3 is 16.0 Å². The van der Waals surface area contributed by atoms with E-state index in [0.717, 1.165) is 57.8 Å². The zero-order valence-corrected chi connectivity index (χ0v) is 13.4. The molecule has 3 N–H and O–H groups in total. The van der Waals surface area contributed by atoms with Gasteiger partial charge in [-0.05, 0) is 64.1 Å². The Morgan fingerprint density at radius 2 is 1.85 bits per heavy atom. The summed E-state index contributed by atoms with van der Waals surface area (Å²) in [6.07, 6.45) is 7.45. The zero-order chi connectivity index (χ0) is 14.8. The SMILES string of the molecule is CCN(CC)CCCNC(=O)CCC1CCC(N)CC1. The number of hydrogen-bond donors (Lipinski definition) is 2. The van der Waals surface area contributed by atoms with Crippen LogP contribution in [0.4, 0.5) is 0 Å². The Labute approximate surface area is 124 Å². The van der Waals surface area contributed by atoms with Crippen molar-refractivity contribution in [3.8, 4) is 0 Å². The Balaban J connectivity index is 2.00. The molecule has 4 heteroatoms. The van der Waals surface area contributed by atoms with Crippen molar-refractivity contribution >= 4 is 5.91 Å². The van der Waals surface area contributed by atoms with Crippen LogP contribution in [0.15, 0.2) is 0 Å². The van der Waals surface area contributed by atoms with Crippen LogP contribution in [0.1, 0.15) is 58.8 Å². The molecule has 1 rings (SSSR count). The first-order valence-corrected chi connectivity index (χ1v) is 8.40. The minimum absolute atomic E-state index is 0.222. The molecule has 0 spiro atoms. The first-order chi connectivity index (χ1) is 9.65. The third-order valence-corrected chi connectivity index (χ3v) is 4.54. The average molecular weight is 283 g/mol. The molecule has 0 aromatic rings. The third kappa shape index (κ3) is 7.25. The Morgan fingerprint density at radius 1 is 1.20 bits per heavy atom. The van der Waals surface area contributed by atoms with Crippen molar-refractivity contribution in [3.05, 3.63) is 0 Å². The monoisotopic (exact) mass is 283 g/mol. The second kappa shape index (κ2) is 10.2. The largest absolute Gasteiger partial charge is 0.356 e. The summed E-state index contributed by atoms with van der Waals surface area (Å²) in [5.41, 5.74) is 5.90. The van der Waals surface area contributed by atoms with E-state index in [1.165, 1.54) is 12.8 Å². The lowest BCUT2D eigenvalue weighted by Crippen LogP contribution is -2.30. The van der Waals surface area contributed by atoms with Gasteiger partial charge in [0.05, 0.1) is 0 Å². The summed E-state index contributed by atoms with van der Waals surface area (Å²) in [5, 5.41) is 3.04. The summed E-state index contributed by atoms with van der Waals surface area (Å²) in [5.74, 6) is 0.940. The van der Waals surface area contributed by atoms with Gasteiger partial charge in [-0.1, -0.05) is 13.8 Å². The Bertz CT molecular complexity index is 258. The van der Waals surface area contributed by atoms with Gasteiger partial charge in [-0.2, -0.15) is 0 Å². The highest BCUT2D eigenvalue weighted by Crippen LogP contribution is 2.26. The zero-order valence-electron chi connectivity index (χ0n) is 13.4. The highest BCUT2D eigenvalue weighted by atomic mass is 16.1. The molecule has 0 bridgehead atoms. The summed E-state index contributed by atoms with van der Waals surface area (Å²) in [7, 11) is 0. The molecule has 0 aliphatic heterocycles. The van der Waals surface area contributed by atoms with Crippen molar-refractivity contribution in [2.75, 3.05) is 26.2 Å². The van der Waals surface area contributed by atoms with E-state index >= 15 is 0 Å². The molecule has 0 radical (unpaired) electrons. The number of amides is 1. The van der Waals surface area contributed by atoms with Gasteiger partial charge in [0.1, 0.15) is 0 Å². The van der Waals surface area contributed by atoms with E-state index in [2.05, 4.69) is 24.1 Å². The van der Waals surface area contributed by atoms with Crippen molar-refractivity contribution < 1.29 is 4.79 Å². The molecule has 4 nitrogen and oxygen atoms in total. The minimum Gasteiger partial charge on any atom is -0.356 e. The van der Waals surface area contributed by atoms with E-state index in [0.29, 0.717) is 12.5 Å². The molecular weight excluding hydrogens is 250 g/mol. The number of carbonyl (C=O) groups is 1. The lowest BCUT2D eigenvalue weighted by Gasteiger charge is -2.25. The van der Waals surface area contributed by atoms with Crippen LogP contribution >= 0.6 is 0 Å². The highest BCUT2D eigenvalue weighted by molar-refractivity contribution is 5.75. The van der Waals surface area contributed by atoms with Crippen LogP contribution in [0.25, 0.3) is 0 Å². The van der Waals surface area contributed by atoms with Crippen molar-refractivity contribution in [3.63, 3.8) is 0 Å².